The molecule has 1 aliphatic rings. The van der Waals surface area contributed by atoms with Gasteiger partial charge in [-0.05, 0) is 45.8 Å². The lowest BCUT2D eigenvalue weighted by atomic mass is 10.0. The van der Waals surface area contributed by atoms with E-state index in [-0.39, 0.29) is 5.56 Å². The number of aryl methyl sites for hydroxylation is 2. The van der Waals surface area contributed by atoms with Crippen LogP contribution in [0.1, 0.15) is 34.7 Å². The minimum atomic E-state index is -4.41. The molecule has 1 aliphatic heterocycles. The molecule has 0 radical (unpaired) electrons. The average Bonchev–Trinajstić information content (AvgIpc) is 2.74. The van der Waals surface area contributed by atoms with Crippen molar-refractivity contribution in [1.82, 2.24) is 10.2 Å². The maximum Gasteiger partial charge on any atom is 0.406 e. The first-order valence-electron chi connectivity index (χ1n) is 6.93. The van der Waals surface area contributed by atoms with Gasteiger partial charge >= 0.3 is 6.18 Å². The summed E-state index contributed by atoms with van der Waals surface area (Å²) in [7, 11) is 0. The number of amides is 1. The second kappa shape index (κ2) is 6.09. The second-order valence-corrected chi connectivity index (χ2v) is 5.36. The molecule has 0 atom stereocenters. The molecule has 21 heavy (non-hydrogen) atoms. The molecule has 1 aromatic rings. The Hall–Kier alpha value is -1.50. The number of piperidine rings is 1. The minimum Gasteiger partial charge on any atom is -0.466 e. The summed E-state index contributed by atoms with van der Waals surface area (Å²) in [5.41, 5.74) is 0.218. The SMILES string of the molecule is Cc1cc(C(=O)N(CC(F)(F)F)C2CCNCC2)c(C)o1. The van der Waals surface area contributed by atoms with Gasteiger partial charge in [-0.15, -0.1) is 0 Å². The van der Waals surface area contributed by atoms with Gasteiger partial charge in [0, 0.05) is 6.04 Å². The molecule has 0 aromatic carbocycles. The van der Waals surface area contributed by atoms with E-state index in [0.717, 1.165) is 4.90 Å². The topological polar surface area (TPSA) is 45.5 Å². The van der Waals surface area contributed by atoms with Crippen LogP contribution < -0.4 is 5.32 Å². The van der Waals surface area contributed by atoms with Gasteiger partial charge in [0.15, 0.2) is 0 Å². The molecule has 0 spiro atoms. The van der Waals surface area contributed by atoms with E-state index >= 15 is 0 Å². The van der Waals surface area contributed by atoms with Crippen molar-refractivity contribution < 1.29 is 22.4 Å². The quantitative estimate of drug-likeness (QED) is 0.934. The third-order valence-electron chi connectivity index (χ3n) is 3.63. The summed E-state index contributed by atoms with van der Waals surface area (Å²) < 4.78 is 43.7. The van der Waals surface area contributed by atoms with Crippen molar-refractivity contribution in [2.75, 3.05) is 19.6 Å². The van der Waals surface area contributed by atoms with E-state index < -0.39 is 24.7 Å². The molecule has 1 aromatic heterocycles. The predicted octanol–water partition coefficient (Wildman–Crippen LogP) is 2.65. The zero-order valence-electron chi connectivity index (χ0n) is 12.1. The number of nitrogens with zero attached hydrogens (tertiary/aromatic N) is 1. The number of furan rings is 1. The van der Waals surface area contributed by atoms with Crippen molar-refractivity contribution in [3.63, 3.8) is 0 Å². The monoisotopic (exact) mass is 304 g/mol. The average molecular weight is 304 g/mol. The van der Waals surface area contributed by atoms with Crippen LogP contribution in [0.3, 0.4) is 0 Å². The number of alkyl halides is 3. The number of hydrogen-bond acceptors (Lipinski definition) is 3. The molecule has 7 heteroatoms. The number of halogens is 3. The number of hydrogen-bond donors (Lipinski definition) is 1. The molecule has 118 valence electrons. The Labute approximate surface area is 121 Å². The highest BCUT2D eigenvalue weighted by Gasteiger charge is 2.38. The van der Waals surface area contributed by atoms with Crippen molar-refractivity contribution in [3.8, 4) is 0 Å². The van der Waals surface area contributed by atoms with Crippen LogP contribution in [0.2, 0.25) is 0 Å². The zero-order valence-corrected chi connectivity index (χ0v) is 12.1. The van der Waals surface area contributed by atoms with E-state index in [4.69, 9.17) is 4.42 Å². The Balaban J connectivity index is 2.25. The van der Waals surface area contributed by atoms with E-state index in [1.165, 1.54) is 6.07 Å². The summed E-state index contributed by atoms with van der Waals surface area (Å²) in [4.78, 5) is 13.4. The molecule has 0 saturated carbocycles. The van der Waals surface area contributed by atoms with E-state index in [9.17, 15) is 18.0 Å². The van der Waals surface area contributed by atoms with Gasteiger partial charge in [0.25, 0.3) is 5.91 Å². The van der Waals surface area contributed by atoms with Gasteiger partial charge in [-0.25, -0.2) is 0 Å². The highest BCUT2D eigenvalue weighted by molar-refractivity contribution is 5.95. The molecule has 0 unspecified atom stereocenters. The lowest BCUT2D eigenvalue weighted by Crippen LogP contribution is -2.49. The van der Waals surface area contributed by atoms with E-state index in [1.807, 2.05) is 0 Å². The van der Waals surface area contributed by atoms with Crippen molar-refractivity contribution in [1.29, 1.82) is 0 Å². The summed E-state index contributed by atoms with van der Waals surface area (Å²) in [6.45, 7) is 3.28. The largest absolute Gasteiger partial charge is 0.466 e. The summed E-state index contributed by atoms with van der Waals surface area (Å²) in [5.74, 6) is 0.278. The van der Waals surface area contributed by atoms with Crippen LogP contribution in [0.4, 0.5) is 13.2 Å². The first kappa shape index (κ1) is 15.9. The smallest absolute Gasteiger partial charge is 0.406 e. The third kappa shape index (κ3) is 4.00. The van der Waals surface area contributed by atoms with Gasteiger partial charge in [-0.3, -0.25) is 4.79 Å². The van der Waals surface area contributed by atoms with Gasteiger partial charge in [0.1, 0.15) is 18.1 Å². The molecule has 1 saturated heterocycles. The molecular formula is C14H19F3N2O2. The molecule has 1 amide bonds. The normalized spacial score (nSPS) is 17.0. The van der Waals surface area contributed by atoms with Crippen LogP contribution in [-0.4, -0.2) is 42.7 Å². The Bertz CT molecular complexity index is 505. The highest BCUT2D eigenvalue weighted by Crippen LogP contribution is 2.25. The van der Waals surface area contributed by atoms with Crippen LogP contribution in [0, 0.1) is 13.8 Å². The molecule has 1 fully saturated rings. The lowest BCUT2D eigenvalue weighted by molar-refractivity contribution is -0.145. The number of rotatable bonds is 3. The van der Waals surface area contributed by atoms with Crippen molar-refractivity contribution in [2.24, 2.45) is 0 Å². The van der Waals surface area contributed by atoms with Gasteiger partial charge in [-0.2, -0.15) is 13.2 Å². The standard InChI is InChI=1S/C14H19F3N2O2/c1-9-7-12(10(2)21-9)13(20)19(8-14(15,16)17)11-3-5-18-6-4-11/h7,11,18H,3-6,8H2,1-2H3. The van der Waals surface area contributed by atoms with Crippen LogP contribution in [0.15, 0.2) is 10.5 Å². The van der Waals surface area contributed by atoms with Crippen LogP contribution in [0.25, 0.3) is 0 Å². The molecule has 1 N–H and O–H groups in total. The Morgan fingerprint density at radius 3 is 2.48 bits per heavy atom. The van der Waals surface area contributed by atoms with Crippen LogP contribution in [-0.2, 0) is 0 Å². The summed E-state index contributed by atoms with van der Waals surface area (Å²) in [6.07, 6.45) is -3.36. The van der Waals surface area contributed by atoms with Gasteiger partial charge in [-0.1, -0.05) is 0 Å². The van der Waals surface area contributed by atoms with Gasteiger partial charge in [0.05, 0.1) is 5.56 Å². The molecule has 4 nitrogen and oxygen atoms in total. The Morgan fingerprint density at radius 2 is 2.00 bits per heavy atom. The fourth-order valence-corrected chi connectivity index (χ4v) is 2.68. The summed E-state index contributed by atoms with van der Waals surface area (Å²) >= 11 is 0. The number of carbonyl (C=O) groups is 1. The highest BCUT2D eigenvalue weighted by atomic mass is 19.4. The van der Waals surface area contributed by atoms with E-state index in [0.29, 0.717) is 37.5 Å². The summed E-state index contributed by atoms with van der Waals surface area (Å²) in [5, 5.41) is 3.09. The van der Waals surface area contributed by atoms with Crippen molar-refractivity contribution in [2.45, 2.75) is 38.9 Å². The molecular weight excluding hydrogens is 285 g/mol. The first-order valence-corrected chi connectivity index (χ1v) is 6.93. The predicted molar refractivity (Wildman–Crippen MR) is 71.2 cm³/mol. The number of carbonyl (C=O) groups excluding carboxylic acids is 1. The van der Waals surface area contributed by atoms with Crippen LogP contribution in [0.5, 0.6) is 0 Å². The molecule has 2 heterocycles. The van der Waals surface area contributed by atoms with Gasteiger partial charge in [0.2, 0.25) is 0 Å². The second-order valence-electron chi connectivity index (χ2n) is 5.36. The maximum absolute atomic E-state index is 12.8. The molecule has 0 aliphatic carbocycles. The van der Waals surface area contributed by atoms with Gasteiger partial charge < -0.3 is 14.6 Å². The van der Waals surface area contributed by atoms with Crippen LogP contribution >= 0.6 is 0 Å². The molecule has 0 bridgehead atoms. The fourth-order valence-electron chi connectivity index (χ4n) is 2.68. The Kier molecular flexibility index (Phi) is 4.61. The lowest BCUT2D eigenvalue weighted by Gasteiger charge is -2.35. The van der Waals surface area contributed by atoms with E-state index in [2.05, 4.69) is 5.32 Å². The summed E-state index contributed by atoms with van der Waals surface area (Å²) in [6, 6.07) is 1.11. The zero-order chi connectivity index (χ0) is 15.6. The van der Waals surface area contributed by atoms with E-state index in [1.54, 1.807) is 13.8 Å². The number of nitrogens with one attached hydrogen (secondary N) is 1. The van der Waals surface area contributed by atoms with Crippen molar-refractivity contribution >= 4 is 5.91 Å². The fraction of sp³-hybridized carbons (Fsp3) is 0.643. The Morgan fingerprint density at radius 1 is 1.38 bits per heavy atom. The first-order chi connectivity index (χ1) is 9.78. The van der Waals surface area contributed by atoms with Crippen molar-refractivity contribution in [3.05, 3.63) is 23.2 Å². The third-order valence-corrected chi connectivity index (χ3v) is 3.63. The molecule has 2 rings (SSSR count). The minimum absolute atomic E-state index is 0.218. The maximum atomic E-state index is 12.8.